The van der Waals surface area contributed by atoms with Crippen LogP contribution in [0.5, 0.6) is 0 Å². The number of allylic oxidation sites excluding steroid dienone is 12. The summed E-state index contributed by atoms with van der Waals surface area (Å²) in [5, 5.41) is 11.9. The lowest BCUT2D eigenvalue weighted by Crippen LogP contribution is -2.44. The molecule has 2 unspecified atom stereocenters. The van der Waals surface area contributed by atoms with Crippen molar-refractivity contribution < 1.29 is 42.9 Å². The molecule has 0 amide bonds. The largest absolute Gasteiger partial charge is 0.545 e. The molecule has 95 heavy (non-hydrogen) atoms. The monoisotopic (exact) mass is 1330 g/mol. The highest BCUT2D eigenvalue weighted by atomic mass is 16.7. The van der Waals surface area contributed by atoms with Crippen LogP contribution in [0.4, 0.5) is 0 Å². The molecule has 0 aliphatic heterocycles. The standard InChI is InChI=1S/C86H157NO8/c1-6-8-10-12-14-16-18-20-22-24-26-28-30-32-34-36-37-38-39-40-41-42-43-44-45-46-47-49-51-53-55-57-59-61-63-65-67-69-71-73-75-77-84(89)95-82(81-94-86(85(90)91)92-79-78-87(3,4)5)80-93-83(88)76-74-72-70-68-66-64-62-60-58-56-54-52-50-48-35-33-31-29-27-25-23-21-19-17-15-13-11-9-7-2/h8,10,14,16,19-22,25-28,82,86H,6-7,9,11-13,15,17-18,23-24,29-81H2,1-5H3/b10-8-,16-14-,21-19-,22-20-,27-25-,28-26-. The van der Waals surface area contributed by atoms with Gasteiger partial charge in [-0.2, -0.15) is 0 Å². The first-order valence-electron chi connectivity index (χ1n) is 41.1. The number of quaternary nitrogens is 1. The summed E-state index contributed by atoms with van der Waals surface area (Å²) >= 11 is 0. The van der Waals surface area contributed by atoms with E-state index in [1.807, 2.05) is 21.1 Å². The van der Waals surface area contributed by atoms with Crippen molar-refractivity contribution in [3.05, 3.63) is 72.9 Å². The highest BCUT2D eigenvalue weighted by Crippen LogP contribution is 2.20. The number of hydrogen-bond donors (Lipinski definition) is 0. The predicted molar refractivity (Wildman–Crippen MR) is 408 cm³/mol. The number of unbranched alkanes of at least 4 members (excludes halogenated alkanes) is 50. The zero-order valence-corrected chi connectivity index (χ0v) is 63.6. The van der Waals surface area contributed by atoms with Crippen molar-refractivity contribution in [2.45, 2.75) is 411 Å². The van der Waals surface area contributed by atoms with Crippen molar-refractivity contribution in [3.63, 3.8) is 0 Å². The van der Waals surface area contributed by atoms with E-state index in [1.54, 1.807) is 0 Å². The second-order valence-corrected chi connectivity index (χ2v) is 29.0. The third-order valence-corrected chi connectivity index (χ3v) is 18.4. The molecule has 0 heterocycles. The fraction of sp³-hybridized carbons (Fsp3) is 0.826. The minimum Gasteiger partial charge on any atom is -0.545 e. The maximum Gasteiger partial charge on any atom is 0.306 e. The van der Waals surface area contributed by atoms with Crippen molar-refractivity contribution in [2.24, 2.45) is 0 Å². The van der Waals surface area contributed by atoms with Gasteiger partial charge in [0.05, 0.1) is 40.3 Å². The first kappa shape index (κ1) is 91.7. The van der Waals surface area contributed by atoms with Crippen LogP contribution in [0.1, 0.15) is 399 Å². The first-order chi connectivity index (χ1) is 46.6. The van der Waals surface area contributed by atoms with Crippen molar-refractivity contribution in [1.82, 2.24) is 0 Å². The molecule has 0 aromatic heterocycles. The van der Waals surface area contributed by atoms with Crippen molar-refractivity contribution >= 4 is 17.9 Å². The van der Waals surface area contributed by atoms with Crippen LogP contribution in [-0.2, 0) is 33.3 Å². The van der Waals surface area contributed by atoms with Crippen LogP contribution >= 0.6 is 0 Å². The molecule has 0 aromatic carbocycles. The Hall–Kier alpha value is -3.27. The summed E-state index contributed by atoms with van der Waals surface area (Å²) in [5.74, 6) is -2.25. The number of rotatable bonds is 77. The lowest BCUT2D eigenvalue weighted by molar-refractivity contribution is -0.870. The van der Waals surface area contributed by atoms with Crippen LogP contribution in [0.15, 0.2) is 72.9 Å². The Balaban J connectivity index is 3.94. The number of hydrogen-bond acceptors (Lipinski definition) is 8. The number of ether oxygens (including phenoxy) is 4. The Labute approximate surface area is 589 Å². The second-order valence-electron chi connectivity index (χ2n) is 29.0. The normalized spacial score (nSPS) is 13.0. The number of aliphatic carboxylic acids is 1. The van der Waals surface area contributed by atoms with Gasteiger partial charge in [-0.15, -0.1) is 0 Å². The molecule has 0 radical (unpaired) electrons. The van der Waals surface area contributed by atoms with Crippen LogP contribution < -0.4 is 5.11 Å². The van der Waals surface area contributed by atoms with Crippen LogP contribution in [0, 0.1) is 0 Å². The molecule has 0 aliphatic carbocycles. The molecule has 0 saturated heterocycles. The zero-order chi connectivity index (χ0) is 69.0. The molecular weight excluding hydrogens is 1170 g/mol. The van der Waals surface area contributed by atoms with Crippen molar-refractivity contribution in [1.29, 1.82) is 0 Å². The van der Waals surface area contributed by atoms with Gasteiger partial charge in [0.25, 0.3) is 0 Å². The number of carbonyl (C=O) groups excluding carboxylic acids is 3. The fourth-order valence-corrected chi connectivity index (χ4v) is 12.2. The molecule has 0 aliphatic rings. The Morgan fingerprint density at radius 1 is 0.326 bits per heavy atom. The average molecular weight is 1330 g/mol. The molecule has 0 aromatic rings. The first-order valence-corrected chi connectivity index (χ1v) is 41.1. The van der Waals surface area contributed by atoms with Crippen LogP contribution in [0.25, 0.3) is 0 Å². The van der Waals surface area contributed by atoms with Gasteiger partial charge in [-0.3, -0.25) is 9.59 Å². The molecule has 0 N–H and O–H groups in total. The molecule has 0 spiro atoms. The summed E-state index contributed by atoms with van der Waals surface area (Å²) in [6, 6.07) is 0. The highest BCUT2D eigenvalue weighted by Gasteiger charge is 2.22. The summed E-state index contributed by atoms with van der Waals surface area (Å²) in [6.07, 6.45) is 100. The molecular formula is C86H157NO8. The van der Waals surface area contributed by atoms with E-state index in [4.69, 9.17) is 18.9 Å². The van der Waals surface area contributed by atoms with Gasteiger partial charge in [-0.1, -0.05) is 376 Å². The molecule has 9 heteroatoms. The maximum atomic E-state index is 13.0. The topological polar surface area (TPSA) is 111 Å². The van der Waals surface area contributed by atoms with Gasteiger partial charge in [-0.25, -0.2) is 0 Å². The molecule has 0 fully saturated rings. The predicted octanol–water partition coefficient (Wildman–Crippen LogP) is 25.0. The molecule has 0 saturated carbocycles. The van der Waals surface area contributed by atoms with E-state index < -0.39 is 24.3 Å². The van der Waals surface area contributed by atoms with Gasteiger partial charge in [0.1, 0.15) is 13.2 Å². The summed E-state index contributed by atoms with van der Waals surface area (Å²) in [4.78, 5) is 37.6. The summed E-state index contributed by atoms with van der Waals surface area (Å²) in [5.41, 5.74) is 0. The Morgan fingerprint density at radius 2 is 0.600 bits per heavy atom. The average Bonchev–Trinajstić information content (AvgIpc) is 3.54. The van der Waals surface area contributed by atoms with Gasteiger partial charge in [0, 0.05) is 12.8 Å². The summed E-state index contributed by atoms with van der Waals surface area (Å²) in [6.45, 7) is 4.69. The second kappa shape index (κ2) is 76.5. The Morgan fingerprint density at radius 3 is 0.895 bits per heavy atom. The van der Waals surface area contributed by atoms with E-state index in [2.05, 4.69) is 86.8 Å². The van der Waals surface area contributed by atoms with Gasteiger partial charge in [0.15, 0.2) is 12.4 Å². The molecule has 0 rings (SSSR count). The van der Waals surface area contributed by atoms with E-state index in [0.29, 0.717) is 17.4 Å². The van der Waals surface area contributed by atoms with Crippen LogP contribution in [-0.4, -0.2) is 82.3 Å². The number of carbonyl (C=O) groups is 3. The number of carboxylic acids is 1. The molecule has 0 bridgehead atoms. The smallest absolute Gasteiger partial charge is 0.306 e. The number of carboxylic acid groups (broad SMARTS) is 1. The van der Waals surface area contributed by atoms with Gasteiger partial charge in [0.2, 0.25) is 0 Å². The van der Waals surface area contributed by atoms with E-state index in [-0.39, 0.29) is 32.2 Å². The Bertz CT molecular complexity index is 1790. The fourth-order valence-electron chi connectivity index (χ4n) is 12.2. The summed E-state index contributed by atoms with van der Waals surface area (Å²) < 4.78 is 22.9. The van der Waals surface area contributed by atoms with E-state index in [1.165, 1.54) is 302 Å². The van der Waals surface area contributed by atoms with E-state index >= 15 is 0 Å². The van der Waals surface area contributed by atoms with E-state index in [0.717, 1.165) is 70.6 Å². The number of likely N-dealkylation sites (N-methyl/N-ethyl adjacent to an activating group) is 1. The summed E-state index contributed by atoms with van der Waals surface area (Å²) in [7, 11) is 5.95. The van der Waals surface area contributed by atoms with Gasteiger partial charge < -0.3 is 33.3 Å². The minimum absolute atomic E-state index is 0.150. The molecule has 2 atom stereocenters. The van der Waals surface area contributed by atoms with Crippen LogP contribution in [0.2, 0.25) is 0 Å². The Kier molecular flexibility index (Phi) is 73.9. The zero-order valence-electron chi connectivity index (χ0n) is 63.6. The van der Waals surface area contributed by atoms with Crippen molar-refractivity contribution in [3.8, 4) is 0 Å². The molecule has 554 valence electrons. The third-order valence-electron chi connectivity index (χ3n) is 18.4. The highest BCUT2D eigenvalue weighted by molar-refractivity contribution is 5.70. The quantitative estimate of drug-likeness (QED) is 0.0195. The third kappa shape index (κ3) is 77.9. The number of esters is 2. The lowest BCUT2D eigenvalue weighted by atomic mass is 10.0. The lowest BCUT2D eigenvalue weighted by Gasteiger charge is -2.26. The van der Waals surface area contributed by atoms with Gasteiger partial charge >= 0.3 is 11.9 Å². The van der Waals surface area contributed by atoms with Crippen molar-refractivity contribution in [2.75, 3.05) is 47.5 Å². The number of nitrogens with zero attached hydrogens (tertiary/aromatic N) is 1. The SMILES string of the molecule is CC/C=C\C/C=C\C/C=C\C/C=C\CCCCCCCCCCCCCCCCCCCCCCCCCCCCCCC(=O)OC(COC(=O)CCCCCCCCCCCCCCCCCCC/C=C\C/C=C\CCCCCCC)COC(OCC[N+](C)(C)C)C(=O)[O-]. The maximum absolute atomic E-state index is 13.0. The van der Waals surface area contributed by atoms with Gasteiger partial charge in [-0.05, 0) is 83.5 Å². The minimum atomic E-state index is -1.62. The van der Waals surface area contributed by atoms with E-state index in [9.17, 15) is 19.5 Å². The molecule has 9 nitrogen and oxygen atoms in total. The van der Waals surface area contributed by atoms with Crippen LogP contribution in [0.3, 0.4) is 0 Å².